The number of hydrogen-bond donors (Lipinski definition) is 2. The summed E-state index contributed by atoms with van der Waals surface area (Å²) in [5.74, 6) is 0.218. The number of carbonyl (C=O) groups is 2. The number of pyridine rings is 1. The predicted molar refractivity (Wildman–Crippen MR) is 164 cm³/mol. The number of nitrogens with two attached hydrogens (primary N) is 1. The Labute approximate surface area is 255 Å². The minimum Gasteiger partial charge on any atom is -0.384 e. The third-order valence-corrected chi connectivity index (χ3v) is 7.76. The van der Waals surface area contributed by atoms with E-state index in [1.165, 1.54) is 6.20 Å². The highest BCUT2D eigenvalue weighted by molar-refractivity contribution is 6.30. The first kappa shape index (κ1) is 29.8. The van der Waals surface area contributed by atoms with Gasteiger partial charge in [0.05, 0.1) is 35.3 Å². The summed E-state index contributed by atoms with van der Waals surface area (Å²) in [6, 6.07) is 20.2. The summed E-state index contributed by atoms with van der Waals surface area (Å²) in [5.41, 5.74) is 9.71. The molecule has 1 atom stereocenters. The summed E-state index contributed by atoms with van der Waals surface area (Å²) in [5, 5.41) is 12.7. The molecule has 3 heterocycles. The van der Waals surface area contributed by atoms with Gasteiger partial charge in [0.2, 0.25) is 5.91 Å². The monoisotopic (exact) mass is 596 g/mol. The van der Waals surface area contributed by atoms with Crippen LogP contribution in [0.4, 0.5) is 5.82 Å². The first-order valence-electron chi connectivity index (χ1n) is 14.1. The van der Waals surface area contributed by atoms with Gasteiger partial charge in [0.25, 0.3) is 5.91 Å². The zero-order chi connectivity index (χ0) is 30.2. The lowest BCUT2D eigenvalue weighted by molar-refractivity contribution is -0.132. The zero-order valence-corrected chi connectivity index (χ0v) is 24.5. The van der Waals surface area contributed by atoms with Crippen molar-refractivity contribution < 1.29 is 9.59 Å². The van der Waals surface area contributed by atoms with Gasteiger partial charge in [-0.15, -0.1) is 0 Å². The first-order valence-corrected chi connectivity index (χ1v) is 14.5. The molecule has 0 aliphatic carbocycles. The van der Waals surface area contributed by atoms with Crippen LogP contribution in [0.2, 0.25) is 5.02 Å². The molecule has 1 fully saturated rings. The zero-order valence-electron chi connectivity index (χ0n) is 23.7. The Hall–Kier alpha value is -4.72. The summed E-state index contributed by atoms with van der Waals surface area (Å²) >= 11 is 6.18. The summed E-state index contributed by atoms with van der Waals surface area (Å²) < 4.78 is 2.06. The number of halogens is 1. The number of amides is 2. The number of nitrogens with one attached hydrogen (secondary N) is 1. The van der Waals surface area contributed by atoms with E-state index in [4.69, 9.17) is 22.6 Å². The molecule has 4 aromatic rings. The van der Waals surface area contributed by atoms with E-state index < -0.39 is 0 Å². The van der Waals surface area contributed by atoms with Crippen molar-refractivity contribution >= 4 is 29.2 Å². The Morgan fingerprint density at radius 2 is 1.95 bits per heavy atom. The van der Waals surface area contributed by atoms with Gasteiger partial charge in [0.15, 0.2) is 0 Å². The lowest BCUT2D eigenvalue weighted by Gasteiger charge is -2.28. The molecule has 0 bridgehead atoms. The molecule has 10 nitrogen and oxygen atoms in total. The number of aromatic nitrogens is 3. The van der Waals surface area contributed by atoms with E-state index in [0.717, 1.165) is 16.8 Å². The molecule has 0 spiro atoms. The van der Waals surface area contributed by atoms with E-state index in [1.54, 1.807) is 30.6 Å². The Morgan fingerprint density at radius 3 is 2.70 bits per heavy atom. The van der Waals surface area contributed by atoms with Gasteiger partial charge < -0.3 is 20.5 Å². The number of nitrogens with zero attached hydrogens (tertiary/aromatic N) is 6. The van der Waals surface area contributed by atoms with Gasteiger partial charge in [-0.05, 0) is 60.4 Å². The second-order valence-corrected chi connectivity index (χ2v) is 11.0. The average molecular weight is 597 g/mol. The molecule has 2 amide bonds. The Morgan fingerprint density at radius 1 is 1.12 bits per heavy atom. The predicted octanol–water partition coefficient (Wildman–Crippen LogP) is 3.86. The number of carbonyl (C=O) groups excluding carboxylic acids is 2. The topological polar surface area (TPSA) is 133 Å². The highest BCUT2D eigenvalue weighted by Gasteiger charge is 2.36. The Kier molecular flexibility index (Phi) is 9.66. The standard InChI is InChI=1S/C32H33ClN8O2/c33-27-4-1-3-25(15-27)20-40-14-11-29(32(40)43)39(13-2-12-37-31(42)26-9-10-30(35)38-17-26)21-28-18-36-22-41(28)19-24-7-5-23(16-34)6-8-24/h1,3-10,15,17-18,22,29H,2,11-14,19-21H2,(H2,35,38)(H,37,42)/t29-/m0/s1. The number of nitriles is 1. The summed E-state index contributed by atoms with van der Waals surface area (Å²) in [6.45, 7) is 3.32. The largest absolute Gasteiger partial charge is 0.384 e. The summed E-state index contributed by atoms with van der Waals surface area (Å²) in [6.07, 6.45) is 6.42. The van der Waals surface area contributed by atoms with Crippen molar-refractivity contribution in [2.75, 3.05) is 25.4 Å². The van der Waals surface area contributed by atoms with Crippen LogP contribution in [0.3, 0.4) is 0 Å². The lowest BCUT2D eigenvalue weighted by atomic mass is 10.1. The van der Waals surface area contributed by atoms with Gasteiger partial charge in [-0.2, -0.15) is 5.26 Å². The number of hydrogen-bond acceptors (Lipinski definition) is 7. The van der Waals surface area contributed by atoms with E-state index in [2.05, 4.69) is 30.8 Å². The van der Waals surface area contributed by atoms with Crippen molar-refractivity contribution in [2.45, 2.75) is 38.5 Å². The first-order chi connectivity index (χ1) is 20.9. The summed E-state index contributed by atoms with van der Waals surface area (Å²) in [4.78, 5) is 38.7. The number of nitrogen functional groups attached to an aromatic ring is 1. The normalized spacial score (nSPS) is 14.7. The van der Waals surface area contributed by atoms with E-state index in [1.807, 2.05) is 47.5 Å². The fourth-order valence-electron chi connectivity index (χ4n) is 5.26. The third-order valence-electron chi connectivity index (χ3n) is 7.53. The van der Waals surface area contributed by atoms with Crippen molar-refractivity contribution in [2.24, 2.45) is 0 Å². The van der Waals surface area contributed by atoms with Crippen molar-refractivity contribution in [3.05, 3.63) is 112 Å². The Bertz CT molecular complexity index is 1600. The second kappa shape index (κ2) is 14.0. The molecule has 11 heteroatoms. The molecule has 0 radical (unpaired) electrons. The molecule has 0 unspecified atom stereocenters. The molecule has 1 saturated heterocycles. The van der Waals surface area contributed by atoms with Gasteiger partial charge >= 0.3 is 0 Å². The number of likely N-dealkylation sites (tertiary alicyclic amines) is 1. The van der Waals surface area contributed by atoms with Gasteiger partial charge in [-0.3, -0.25) is 14.5 Å². The van der Waals surface area contributed by atoms with E-state index in [9.17, 15) is 9.59 Å². The SMILES string of the molecule is N#Cc1ccc(Cn2cncc2CN(CCCNC(=O)c2ccc(N)nc2)[C@H]2CCN(Cc3cccc(Cl)c3)C2=O)cc1. The molecule has 1 aliphatic heterocycles. The third kappa shape index (κ3) is 7.77. The number of imidazole rings is 1. The quantitative estimate of drug-likeness (QED) is 0.237. The molecule has 220 valence electrons. The average Bonchev–Trinajstić information content (AvgIpc) is 3.60. The molecule has 2 aromatic heterocycles. The van der Waals surface area contributed by atoms with Crippen LogP contribution in [0.1, 0.15) is 45.6 Å². The highest BCUT2D eigenvalue weighted by Crippen LogP contribution is 2.23. The van der Waals surface area contributed by atoms with Crippen LogP contribution in [0.5, 0.6) is 0 Å². The highest BCUT2D eigenvalue weighted by atomic mass is 35.5. The van der Waals surface area contributed by atoms with Gasteiger partial charge in [-0.1, -0.05) is 35.9 Å². The lowest BCUT2D eigenvalue weighted by Crippen LogP contribution is -2.43. The fraction of sp³-hybridized carbons (Fsp3) is 0.281. The molecule has 2 aromatic carbocycles. The van der Waals surface area contributed by atoms with Crippen LogP contribution in [0.15, 0.2) is 79.4 Å². The van der Waals surface area contributed by atoms with Crippen molar-refractivity contribution in [3.8, 4) is 6.07 Å². The minimum atomic E-state index is -0.297. The minimum absolute atomic E-state index is 0.0788. The maximum atomic E-state index is 13.7. The number of anilines is 1. The molecule has 0 saturated carbocycles. The van der Waals surface area contributed by atoms with Gasteiger partial charge in [0, 0.05) is 56.7 Å². The van der Waals surface area contributed by atoms with Crippen LogP contribution in [0, 0.1) is 11.3 Å². The van der Waals surface area contributed by atoms with E-state index >= 15 is 0 Å². The van der Waals surface area contributed by atoms with Crippen molar-refractivity contribution in [1.29, 1.82) is 5.26 Å². The maximum absolute atomic E-state index is 13.7. The van der Waals surface area contributed by atoms with Gasteiger partial charge in [-0.25, -0.2) is 9.97 Å². The van der Waals surface area contributed by atoms with Crippen LogP contribution < -0.4 is 11.1 Å². The van der Waals surface area contributed by atoms with Crippen LogP contribution in [0.25, 0.3) is 0 Å². The van der Waals surface area contributed by atoms with Gasteiger partial charge in [0.1, 0.15) is 5.82 Å². The number of benzene rings is 2. The van der Waals surface area contributed by atoms with E-state index in [-0.39, 0.29) is 17.9 Å². The molecule has 5 rings (SSSR count). The molecular weight excluding hydrogens is 564 g/mol. The Balaban J connectivity index is 1.27. The summed E-state index contributed by atoms with van der Waals surface area (Å²) in [7, 11) is 0. The van der Waals surface area contributed by atoms with Crippen molar-refractivity contribution in [1.82, 2.24) is 29.7 Å². The van der Waals surface area contributed by atoms with Crippen LogP contribution >= 0.6 is 11.6 Å². The molecule has 43 heavy (non-hydrogen) atoms. The second-order valence-electron chi connectivity index (χ2n) is 10.6. The fourth-order valence-corrected chi connectivity index (χ4v) is 5.47. The van der Waals surface area contributed by atoms with Crippen LogP contribution in [-0.4, -0.2) is 61.8 Å². The number of rotatable bonds is 12. The van der Waals surface area contributed by atoms with Crippen molar-refractivity contribution in [3.63, 3.8) is 0 Å². The smallest absolute Gasteiger partial charge is 0.252 e. The van der Waals surface area contributed by atoms with Crippen LogP contribution in [-0.2, 0) is 24.4 Å². The maximum Gasteiger partial charge on any atom is 0.252 e. The molecular formula is C32H33ClN8O2. The molecule has 3 N–H and O–H groups in total. The molecule has 1 aliphatic rings. The van der Waals surface area contributed by atoms with E-state index in [0.29, 0.717) is 74.1 Å².